The Labute approximate surface area is 181 Å². The van der Waals surface area contributed by atoms with Gasteiger partial charge in [0.05, 0.1) is 13.2 Å². The number of nitrogens with one attached hydrogen (secondary N) is 2. The number of guanidine groups is 1. The number of aliphatic imine (C=N–C) groups is 1. The largest absolute Gasteiger partial charge is 0.488 e. The zero-order valence-electron chi connectivity index (χ0n) is 17.7. The van der Waals surface area contributed by atoms with Crippen LogP contribution >= 0.6 is 0 Å². The van der Waals surface area contributed by atoms with Crippen molar-refractivity contribution in [3.8, 4) is 5.75 Å². The highest BCUT2D eigenvalue weighted by molar-refractivity contribution is 7.84. The molecule has 2 aromatic carbocycles. The molecule has 6 nitrogen and oxygen atoms in total. The third-order valence-electron chi connectivity index (χ3n) is 4.87. The SMILES string of the molecule is CN=C(NCCS(=O)Cc1ccccc1)NCc1ccc(C)cc1OC1CCOC1. The van der Waals surface area contributed by atoms with Crippen LogP contribution in [-0.4, -0.2) is 48.8 Å². The summed E-state index contributed by atoms with van der Waals surface area (Å²) in [6.45, 7) is 4.65. The molecular weight excluding hydrogens is 398 g/mol. The highest BCUT2D eigenvalue weighted by Crippen LogP contribution is 2.23. The van der Waals surface area contributed by atoms with E-state index in [1.807, 2.05) is 30.3 Å². The molecule has 2 aromatic rings. The lowest BCUT2D eigenvalue weighted by Crippen LogP contribution is -2.38. The maximum Gasteiger partial charge on any atom is 0.191 e. The summed E-state index contributed by atoms with van der Waals surface area (Å²) in [5.41, 5.74) is 3.33. The van der Waals surface area contributed by atoms with Gasteiger partial charge in [0.25, 0.3) is 0 Å². The van der Waals surface area contributed by atoms with Crippen LogP contribution in [0.25, 0.3) is 0 Å². The second-order valence-corrected chi connectivity index (χ2v) is 8.92. The molecule has 1 saturated heterocycles. The van der Waals surface area contributed by atoms with E-state index < -0.39 is 10.8 Å². The van der Waals surface area contributed by atoms with Gasteiger partial charge in [-0.25, -0.2) is 0 Å². The number of nitrogens with zero attached hydrogens (tertiary/aromatic N) is 1. The Morgan fingerprint density at radius 1 is 1.23 bits per heavy atom. The van der Waals surface area contributed by atoms with Gasteiger partial charge in [-0.2, -0.15) is 0 Å². The second-order valence-electron chi connectivity index (χ2n) is 7.34. The van der Waals surface area contributed by atoms with Crippen molar-refractivity contribution in [1.29, 1.82) is 0 Å². The maximum atomic E-state index is 12.3. The van der Waals surface area contributed by atoms with Crippen LogP contribution in [0.4, 0.5) is 0 Å². The van der Waals surface area contributed by atoms with Gasteiger partial charge in [-0.1, -0.05) is 42.5 Å². The lowest BCUT2D eigenvalue weighted by atomic mass is 10.1. The van der Waals surface area contributed by atoms with Gasteiger partial charge in [0, 0.05) is 54.4 Å². The molecule has 0 aliphatic carbocycles. The van der Waals surface area contributed by atoms with E-state index in [4.69, 9.17) is 9.47 Å². The minimum absolute atomic E-state index is 0.114. The van der Waals surface area contributed by atoms with E-state index in [9.17, 15) is 4.21 Å². The topological polar surface area (TPSA) is 72.0 Å². The summed E-state index contributed by atoms with van der Waals surface area (Å²) in [5.74, 6) is 2.71. The van der Waals surface area contributed by atoms with Crippen LogP contribution in [0.5, 0.6) is 5.75 Å². The average Bonchev–Trinajstić information content (AvgIpc) is 3.25. The fourth-order valence-electron chi connectivity index (χ4n) is 3.22. The molecule has 0 spiro atoms. The van der Waals surface area contributed by atoms with Crippen molar-refractivity contribution in [2.24, 2.45) is 4.99 Å². The third-order valence-corrected chi connectivity index (χ3v) is 6.18. The van der Waals surface area contributed by atoms with E-state index in [1.165, 1.54) is 0 Å². The Hall–Kier alpha value is -2.38. The number of rotatable bonds is 9. The summed E-state index contributed by atoms with van der Waals surface area (Å²) < 4.78 is 23.9. The number of ether oxygens (including phenoxy) is 2. The molecule has 2 N–H and O–H groups in total. The average molecular weight is 430 g/mol. The molecule has 1 fully saturated rings. The summed E-state index contributed by atoms with van der Waals surface area (Å²) in [4.78, 5) is 4.27. The van der Waals surface area contributed by atoms with E-state index >= 15 is 0 Å². The van der Waals surface area contributed by atoms with Crippen molar-refractivity contribution in [1.82, 2.24) is 10.6 Å². The van der Waals surface area contributed by atoms with E-state index in [0.29, 0.717) is 37.2 Å². The zero-order valence-corrected chi connectivity index (χ0v) is 18.5. The second kappa shape index (κ2) is 11.7. The minimum Gasteiger partial charge on any atom is -0.488 e. The Morgan fingerprint density at radius 2 is 2.07 bits per heavy atom. The van der Waals surface area contributed by atoms with Gasteiger partial charge in [0.1, 0.15) is 11.9 Å². The fourth-order valence-corrected chi connectivity index (χ4v) is 4.26. The van der Waals surface area contributed by atoms with Crippen molar-refractivity contribution in [2.45, 2.75) is 31.7 Å². The molecule has 1 aliphatic heterocycles. The van der Waals surface area contributed by atoms with Gasteiger partial charge in [-0.3, -0.25) is 9.20 Å². The first-order chi connectivity index (χ1) is 14.6. The van der Waals surface area contributed by atoms with Gasteiger partial charge >= 0.3 is 0 Å². The van der Waals surface area contributed by atoms with Crippen LogP contribution < -0.4 is 15.4 Å². The predicted octanol–water partition coefficient (Wildman–Crippen LogP) is 2.78. The number of hydrogen-bond acceptors (Lipinski definition) is 4. The summed E-state index contributed by atoms with van der Waals surface area (Å²) in [6, 6.07) is 16.1. The number of aryl methyl sites for hydroxylation is 1. The highest BCUT2D eigenvalue weighted by atomic mass is 32.2. The predicted molar refractivity (Wildman–Crippen MR) is 122 cm³/mol. The molecule has 2 unspecified atom stereocenters. The number of benzene rings is 2. The lowest BCUT2D eigenvalue weighted by molar-refractivity contribution is 0.140. The van der Waals surface area contributed by atoms with Crippen molar-refractivity contribution in [2.75, 3.05) is 32.6 Å². The summed E-state index contributed by atoms with van der Waals surface area (Å²) in [7, 11) is 0.819. The van der Waals surface area contributed by atoms with Crippen molar-refractivity contribution in [3.05, 3.63) is 65.2 Å². The molecular formula is C23H31N3O3S. The smallest absolute Gasteiger partial charge is 0.191 e. The third kappa shape index (κ3) is 7.15. The molecule has 1 heterocycles. The monoisotopic (exact) mass is 429 g/mol. The van der Waals surface area contributed by atoms with Crippen LogP contribution in [0.1, 0.15) is 23.1 Å². The van der Waals surface area contributed by atoms with E-state index in [1.54, 1.807) is 7.05 Å². The summed E-state index contributed by atoms with van der Waals surface area (Å²) in [5, 5.41) is 6.57. The van der Waals surface area contributed by atoms with Crippen LogP contribution in [0.15, 0.2) is 53.5 Å². The molecule has 0 saturated carbocycles. The van der Waals surface area contributed by atoms with E-state index in [2.05, 4.69) is 40.7 Å². The first-order valence-corrected chi connectivity index (χ1v) is 11.8. The van der Waals surface area contributed by atoms with Crippen LogP contribution in [0, 0.1) is 6.92 Å². The molecule has 0 amide bonds. The molecule has 30 heavy (non-hydrogen) atoms. The maximum absolute atomic E-state index is 12.3. The lowest BCUT2D eigenvalue weighted by Gasteiger charge is -2.18. The zero-order chi connectivity index (χ0) is 21.2. The van der Waals surface area contributed by atoms with Gasteiger partial charge < -0.3 is 20.1 Å². The number of hydrogen-bond donors (Lipinski definition) is 2. The fraction of sp³-hybridized carbons (Fsp3) is 0.435. The molecule has 7 heteroatoms. The standard InChI is InChI=1S/C23H31N3O3S/c1-18-8-9-20(22(14-18)29-21-10-12-28-16-21)15-26-23(24-2)25-11-13-30(27)17-19-6-4-3-5-7-19/h3-9,14,21H,10-13,15-17H2,1-2H3,(H2,24,25,26). The first-order valence-electron chi connectivity index (χ1n) is 10.3. The Bertz CT molecular complexity index is 852. The van der Waals surface area contributed by atoms with E-state index in [-0.39, 0.29) is 6.10 Å². The van der Waals surface area contributed by atoms with Gasteiger partial charge in [0.2, 0.25) is 0 Å². The van der Waals surface area contributed by atoms with E-state index in [0.717, 1.165) is 35.5 Å². The first kappa shape index (κ1) is 22.3. The van der Waals surface area contributed by atoms with Crippen LogP contribution in [0.3, 0.4) is 0 Å². The molecule has 0 radical (unpaired) electrons. The van der Waals surface area contributed by atoms with Gasteiger partial charge in [-0.15, -0.1) is 0 Å². The summed E-state index contributed by atoms with van der Waals surface area (Å²) in [6.07, 6.45) is 1.03. The molecule has 0 bridgehead atoms. The van der Waals surface area contributed by atoms with Gasteiger partial charge in [0.15, 0.2) is 5.96 Å². The van der Waals surface area contributed by atoms with Crippen molar-refractivity contribution < 1.29 is 13.7 Å². The minimum atomic E-state index is -0.916. The van der Waals surface area contributed by atoms with Crippen molar-refractivity contribution >= 4 is 16.8 Å². The van der Waals surface area contributed by atoms with Crippen LogP contribution in [-0.2, 0) is 27.8 Å². The molecule has 3 rings (SSSR count). The summed E-state index contributed by atoms with van der Waals surface area (Å²) >= 11 is 0. The van der Waals surface area contributed by atoms with Crippen molar-refractivity contribution in [3.63, 3.8) is 0 Å². The highest BCUT2D eigenvalue weighted by Gasteiger charge is 2.18. The molecule has 0 aromatic heterocycles. The molecule has 2 atom stereocenters. The molecule has 1 aliphatic rings. The van der Waals surface area contributed by atoms with Crippen LogP contribution in [0.2, 0.25) is 0 Å². The Morgan fingerprint density at radius 3 is 2.80 bits per heavy atom. The molecule has 162 valence electrons. The normalized spacial score (nSPS) is 17.5. The van der Waals surface area contributed by atoms with Gasteiger partial charge in [-0.05, 0) is 24.1 Å². The Balaban J connectivity index is 1.46. The Kier molecular flexibility index (Phi) is 8.71. The quantitative estimate of drug-likeness (QED) is 0.474.